The van der Waals surface area contributed by atoms with Gasteiger partial charge < -0.3 is 4.74 Å². The van der Waals surface area contributed by atoms with Gasteiger partial charge in [-0.1, -0.05) is 36.2 Å². The third-order valence-electron chi connectivity index (χ3n) is 2.04. The van der Waals surface area contributed by atoms with Crippen molar-refractivity contribution in [2.24, 2.45) is 5.92 Å². The second-order valence-electron chi connectivity index (χ2n) is 3.55. The molecule has 0 radical (unpaired) electrons. The first-order valence-electron chi connectivity index (χ1n) is 5.38. The highest BCUT2D eigenvalue weighted by molar-refractivity contribution is 8.40. The topological polar surface area (TPSA) is 43.4 Å². The Morgan fingerprint density at radius 2 is 1.90 bits per heavy atom. The molecule has 20 heavy (non-hydrogen) atoms. The molecule has 0 aliphatic carbocycles. The summed E-state index contributed by atoms with van der Waals surface area (Å²) in [6.45, 7) is 2.81. The molecule has 2 atom stereocenters. The second-order valence-corrected chi connectivity index (χ2v) is 7.54. The fourth-order valence-corrected chi connectivity index (χ4v) is 4.38. The molecule has 0 spiro atoms. The van der Waals surface area contributed by atoms with Crippen LogP contribution < -0.4 is 0 Å². The number of Topliss-reactive ketones (excluding diaryl/α,β-unsaturated/α-hetero) is 1. The summed E-state index contributed by atoms with van der Waals surface area (Å²) in [5.74, 6) is -3.14. The van der Waals surface area contributed by atoms with Gasteiger partial charge in [-0.3, -0.25) is 9.59 Å². The van der Waals surface area contributed by atoms with Crippen molar-refractivity contribution < 1.29 is 27.5 Å². The van der Waals surface area contributed by atoms with E-state index in [2.05, 4.69) is 12.6 Å². The Kier molecular flexibility index (Phi) is 9.19. The van der Waals surface area contributed by atoms with Crippen molar-refractivity contribution in [3.8, 4) is 0 Å². The van der Waals surface area contributed by atoms with Gasteiger partial charge in [-0.25, -0.2) is 0 Å². The number of alkyl halides is 3. The Hall–Kier alpha value is 0.0700. The van der Waals surface area contributed by atoms with Crippen LogP contribution in [0.3, 0.4) is 0 Å². The molecule has 10 heteroatoms. The highest BCUT2D eigenvalue weighted by Gasteiger charge is 2.44. The summed E-state index contributed by atoms with van der Waals surface area (Å²) in [6.07, 6.45) is -5.22. The van der Waals surface area contributed by atoms with Crippen LogP contribution in [0.4, 0.5) is 18.0 Å². The van der Waals surface area contributed by atoms with E-state index in [-0.39, 0.29) is 11.0 Å². The Bertz CT molecular complexity index is 373. The first-order chi connectivity index (χ1) is 9.07. The van der Waals surface area contributed by atoms with Gasteiger partial charge in [0.2, 0.25) is 8.83 Å². The third-order valence-corrected chi connectivity index (χ3v) is 4.76. The van der Waals surface area contributed by atoms with Crippen molar-refractivity contribution in [3.05, 3.63) is 0 Å². The summed E-state index contributed by atoms with van der Waals surface area (Å²) in [5.41, 5.74) is 0. The van der Waals surface area contributed by atoms with Crippen molar-refractivity contribution in [2.45, 2.75) is 31.0 Å². The molecule has 0 aromatic heterocycles. The van der Waals surface area contributed by atoms with Gasteiger partial charge in [-0.15, -0.1) is 0 Å². The van der Waals surface area contributed by atoms with Crippen LogP contribution in [0.5, 0.6) is 0 Å². The Labute approximate surface area is 134 Å². The Balaban J connectivity index is 4.89. The minimum atomic E-state index is -4.65. The van der Waals surface area contributed by atoms with Crippen molar-refractivity contribution in [2.75, 3.05) is 6.61 Å². The van der Waals surface area contributed by atoms with Crippen LogP contribution in [0, 0.1) is 5.92 Å². The largest absolute Gasteiger partial charge is 0.479 e. The molecule has 0 aromatic rings. The lowest BCUT2D eigenvalue weighted by Crippen LogP contribution is -2.31. The van der Waals surface area contributed by atoms with Crippen LogP contribution in [0.25, 0.3) is 0 Å². The van der Waals surface area contributed by atoms with Crippen molar-refractivity contribution in [3.63, 3.8) is 0 Å². The summed E-state index contributed by atoms with van der Waals surface area (Å²) in [4.78, 5) is 22.1. The molecule has 0 saturated heterocycles. The zero-order valence-electron chi connectivity index (χ0n) is 10.6. The molecule has 0 aliphatic rings. The molecule has 0 aliphatic heterocycles. The molecule has 0 saturated carbocycles. The number of thiocarbonyl (C=S) groups is 1. The first kappa shape index (κ1) is 20.1. The molecule has 2 unspecified atom stereocenters. The number of hydrogen-bond donors (Lipinski definition) is 1. The number of carbonyl (C=O) groups is 2. The van der Waals surface area contributed by atoms with E-state index < -0.39 is 33.3 Å². The van der Waals surface area contributed by atoms with Crippen LogP contribution in [0.2, 0.25) is 0 Å². The SMILES string of the molecule is CCOC(=S)SC(CC(C(C)=O)C(F)(F)F)SC(=O)S. The molecule has 0 heterocycles. The normalized spacial score (nSPS) is 14.5. The van der Waals surface area contributed by atoms with Crippen LogP contribution in [0.15, 0.2) is 0 Å². The third kappa shape index (κ3) is 8.38. The van der Waals surface area contributed by atoms with Gasteiger partial charge in [0.1, 0.15) is 11.7 Å². The minimum Gasteiger partial charge on any atom is -0.479 e. The maximum atomic E-state index is 12.7. The maximum Gasteiger partial charge on any atom is 0.398 e. The molecular formula is C10H13F3O3S4. The van der Waals surface area contributed by atoms with E-state index in [9.17, 15) is 22.8 Å². The molecule has 0 amide bonds. The predicted molar refractivity (Wildman–Crippen MR) is 82.4 cm³/mol. The van der Waals surface area contributed by atoms with Gasteiger partial charge in [-0.05, 0) is 32.5 Å². The minimum absolute atomic E-state index is 0.0315. The molecule has 0 aromatic carbocycles. The Morgan fingerprint density at radius 1 is 1.35 bits per heavy atom. The van der Waals surface area contributed by atoms with Crippen molar-refractivity contribution >= 4 is 63.0 Å². The number of halogens is 3. The first-order valence-corrected chi connectivity index (χ1v) is 7.99. The number of ether oxygens (including phenoxy) is 1. The summed E-state index contributed by atoms with van der Waals surface area (Å²) < 4.78 is 41.7. The number of hydrogen-bond acceptors (Lipinski definition) is 6. The number of thiol groups is 1. The maximum absolute atomic E-state index is 12.7. The molecule has 0 N–H and O–H groups in total. The summed E-state index contributed by atoms with van der Waals surface area (Å²) in [6, 6.07) is 0. The fourth-order valence-electron chi connectivity index (χ4n) is 1.21. The van der Waals surface area contributed by atoms with Gasteiger partial charge in [0.15, 0.2) is 0 Å². The summed E-state index contributed by atoms with van der Waals surface area (Å²) in [5, 5.41) is 0. The van der Waals surface area contributed by atoms with Crippen LogP contribution in [-0.4, -0.2) is 32.0 Å². The quantitative estimate of drug-likeness (QED) is 0.429. The van der Waals surface area contributed by atoms with Gasteiger partial charge >= 0.3 is 6.18 Å². The number of thioether (sulfide) groups is 2. The molecule has 0 rings (SSSR count). The van der Waals surface area contributed by atoms with E-state index in [0.717, 1.165) is 18.7 Å². The second kappa shape index (κ2) is 9.16. The lowest BCUT2D eigenvalue weighted by Gasteiger charge is -2.22. The lowest BCUT2D eigenvalue weighted by atomic mass is 10.0. The highest BCUT2D eigenvalue weighted by Crippen LogP contribution is 2.38. The number of carbonyl (C=O) groups excluding carboxylic acids is 2. The van der Waals surface area contributed by atoms with E-state index in [1.54, 1.807) is 6.92 Å². The van der Waals surface area contributed by atoms with Gasteiger partial charge in [-0.2, -0.15) is 13.2 Å². The molecule has 0 bridgehead atoms. The Morgan fingerprint density at radius 3 is 2.25 bits per heavy atom. The zero-order valence-corrected chi connectivity index (χ0v) is 13.9. The van der Waals surface area contributed by atoms with Crippen molar-refractivity contribution in [1.29, 1.82) is 0 Å². The van der Waals surface area contributed by atoms with Crippen LogP contribution in [-0.2, 0) is 9.53 Å². The fraction of sp³-hybridized carbons (Fsp3) is 0.700. The standard InChI is InChI=1S/C10H13F3O3S4/c1-3-16-9(18)20-7(19-8(15)17)4-6(5(2)14)10(11,12)13/h6-7H,3-4H2,1-2H3,(H,15,17). The average Bonchev–Trinajstić information content (AvgIpc) is 2.22. The number of ketones is 1. The van der Waals surface area contributed by atoms with Crippen LogP contribution >= 0.6 is 48.4 Å². The smallest absolute Gasteiger partial charge is 0.398 e. The molecule has 0 fully saturated rings. The molecule has 116 valence electrons. The van der Waals surface area contributed by atoms with E-state index in [1.165, 1.54) is 0 Å². The van der Waals surface area contributed by atoms with E-state index in [4.69, 9.17) is 17.0 Å². The van der Waals surface area contributed by atoms with Gasteiger partial charge in [0.05, 0.1) is 11.2 Å². The van der Waals surface area contributed by atoms with E-state index >= 15 is 0 Å². The predicted octanol–water partition coefficient (Wildman–Crippen LogP) is 4.31. The monoisotopic (exact) mass is 366 g/mol. The molecule has 3 nitrogen and oxygen atoms in total. The van der Waals surface area contributed by atoms with Gasteiger partial charge in [0, 0.05) is 0 Å². The zero-order chi connectivity index (χ0) is 15.9. The van der Waals surface area contributed by atoms with E-state index in [0.29, 0.717) is 11.8 Å². The summed E-state index contributed by atoms with van der Waals surface area (Å²) >= 11 is 9.73. The number of rotatable bonds is 6. The lowest BCUT2D eigenvalue weighted by molar-refractivity contribution is -0.180. The van der Waals surface area contributed by atoms with E-state index in [1.807, 2.05) is 0 Å². The average molecular weight is 366 g/mol. The van der Waals surface area contributed by atoms with Crippen molar-refractivity contribution in [1.82, 2.24) is 0 Å². The summed E-state index contributed by atoms with van der Waals surface area (Å²) in [7, 11) is 0. The van der Waals surface area contributed by atoms with Gasteiger partial charge in [0.25, 0.3) is 0 Å². The molecular weight excluding hydrogens is 353 g/mol. The van der Waals surface area contributed by atoms with Crippen LogP contribution in [0.1, 0.15) is 20.3 Å². The highest BCUT2D eigenvalue weighted by atomic mass is 32.2.